The summed E-state index contributed by atoms with van der Waals surface area (Å²) in [6.45, 7) is 3.16. The average Bonchev–Trinajstić information content (AvgIpc) is 3.36. The molecule has 8 heteroatoms. The van der Waals surface area contributed by atoms with Crippen molar-refractivity contribution in [2.24, 2.45) is 0 Å². The first-order valence-corrected chi connectivity index (χ1v) is 8.05. The molecule has 0 saturated carbocycles. The summed E-state index contributed by atoms with van der Waals surface area (Å²) >= 11 is 0. The van der Waals surface area contributed by atoms with E-state index in [1.807, 2.05) is 60.2 Å². The molecule has 0 fully saturated rings. The lowest BCUT2D eigenvalue weighted by Crippen LogP contribution is -2.16. The molecular weight excluding hydrogens is 352 g/mol. The van der Waals surface area contributed by atoms with E-state index in [0.717, 1.165) is 34.3 Å². The molecule has 26 heavy (non-hydrogen) atoms. The van der Waals surface area contributed by atoms with Crippen molar-refractivity contribution in [2.75, 3.05) is 0 Å². The highest BCUT2D eigenvalue weighted by atomic mass is 35.5. The van der Waals surface area contributed by atoms with Crippen LogP contribution in [0.1, 0.15) is 17.1 Å². The Morgan fingerprint density at radius 3 is 2.73 bits per heavy atom. The fourth-order valence-electron chi connectivity index (χ4n) is 2.72. The number of hydrogen-bond acceptors (Lipinski definition) is 5. The maximum absolute atomic E-state index is 5.67. The Morgan fingerprint density at radius 1 is 1.12 bits per heavy atom. The molecule has 0 atom stereocenters. The average molecular weight is 371 g/mol. The Kier molecular flexibility index (Phi) is 5.50. The van der Waals surface area contributed by atoms with Crippen molar-refractivity contribution in [1.82, 2.24) is 30.3 Å². The Labute approximate surface area is 156 Å². The minimum atomic E-state index is 0. The maximum atomic E-state index is 5.67. The van der Waals surface area contributed by atoms with Gasteiger partial charge >= 0.3 is 0 Å². The summed E-state index contributed by atoms with van der Waals surface area (Å²) < 4.78 is 7.64. The van der Waals surface area contributed by atoms with Crippen LogP contribution in [0, 0.1) is 6.92 Å². The van der Waals surface area contributed by atoms with Crippen molar-refractivity contribution >= 4 is 12.4 Å². The van der Waals surface area contributed by atoms with Gasteiger partial charge in [-0.3, -0.25) is 9.67 Å². The summed E-state index contributed by atoms with van der Waals surface area (Å²) in [5.41, 5.74) is 2.98. The molecule has 134 valence electrons. The fourth-order valence-corrected chi connectivity index (χ4v) is 2.72. The molecule has 4 aromatic rings. The fraction of sp³-hybridized carbons (Fsp3) is 0.167. The van der Waals surface area contributed by atoms with Crippen molar-refractivity contribution in [3.63, 3.8) is 0 Å². The zero-order chi connectivity index (χ0) is 17.1. The molecule has 0 unspecified atom stereocenters. The zero-order valence-electron chi connectivity index (χ0n) is 14.2. The van der Waals surface area contributed by atoms with Gasteiger partial charge in [0.05, 0.1) is 12.7 Å². The molecule has 2 N–H and O–H groups in total. The normalized spacial score (nSPS) is 10.7. The Balaban J connectivity index is 0.00000196. The van der Waals surface area contributed by atoms with Crippen LogP contribution in [0.3, 0.4) is 0 Å². The molecule has 7 nitrogen and oxygen atoms in total. The highest BCUT2D eigenvalue weighted by molar-refractivity contribution is 5.85. The van der Waals surface area contributed by atoms with Crippen LogP contribution in [-0.2, 0) is 13.1 Å². The Morgan fingerprint density at radius 2 is 1.96 bits per heavy atom. The van der Waals surface area contributed by atoms with E-state index in [1.54, 1.807) is 6.33 Å². The highest BCUT2D eigenvalue weighted by Gasteiger charge is 2.12. The number of benzene rings is 1. The number of halogens is 1. The van der Waals surface area contributed by atoms with Gasteiger partial charge in [0.25, 0.3) is 0 Å². The minimum absolute atomic E-state index is 0. The maximum Gasteiger partial charge on any atom is 0.152 e. The first-order valence-electron chi connectivity index (χ1n) is 8.05. The van der Waals surface area contributed by atoms with Gasteiger partial charge in [0.2, 0.25) is 0 Å². The van der Waals surface area contributed by atoms with Crippen LogP contribution in [0.4, 0.5) is 0 Å². The third-order valence-electron chi connectivity index (χ3n) is 3.96. The number of aromatic nitrogens is 5. The van der Waals surface area contributed by atoms with Crippen LogP contribution in [0.25, 0.3) is 17.1 Å². The topological polar surface area (TPSA) is 84.6 Å². The van der Waals surface area contributed by atoms with Gasteiger partial charge in [-0.15, -0.1) is 22.6 Å². The number of H-pyrrole nitrogens is 1. The summed E-state index contributed by atoms with van der Waals surface area (Å²) in [7, 11) is 0. The van der Waals surface area contributed by atoms with Crippen molar-refractivity contribution in [3.8, 4) is 17.1 Å². The van der Waals surface area contributed by atoms with E-state index in [-0.39, 0.29) is 12.4 Å². The lowest BCUT2D eigenvalue weighted by atomic mass is 10.2. The molecule has 0 aliphatic carbocycles. The minimum Gasteiger partial charge on any atom is -0.460 e. The van der Waals surface area contributed by atoms with Crippen LogP contribution >= 0.6 is 12.4 Å². The number of aromatic amines is 1. The molecule has 0 saturated heterocycles. The van der Waals surface area contributed by atoms with Gasteiger partial charge in [-0.25, -0.2) is 0 Å². The summed E-state index contributed by atoms with van der Waals surface area (Å²) in [4.78, 5) is 0. The number of nitrogens with zero attached hydrogens (tertiary/aromatic N) is 4. The summed E-state index contributed by atoms with van der Waals surface area (Å²) in [6.07, 6.45) is 3.53. The third-order valence-corrected chi connectivity index (χ3v) is 3.96. The molecular formula is C18H19ClN6O. The SMILES string of the molecule is Cc1ccc(-c2[nH]ncc2CNCc2nncn2-c2ccccc2)o1.Cl. The number of rotatable bonds is 6. The van der Waals surface area contributed by atoms with E-state index in [0.29, 0.717) is 13.1 Å². The lowest BCUT2D eigenvalue weighted by molar-refractivity contribution is 0.545. The Hall–Kier alpha value is -2.90. The third kappa shape index (κ3) is 3.68. The van der Waals surface area contributed by atoms with Crippen molar-refractivity contribution in [3.05, 3.63) is 72.1 Å². The molecule has 0 radical (unpaired) electrons. The predicted molar refractivity (Wildman–Crippen MR) is 100 cm³/mol. The zero-order valence-corrected chi connectivity index (χ0v) is 15.0. The number of para-hydroxylation sites is 1. The number of furan rings is 1. The van der Waals surface area contributed by atoms with Gasteiger partial charge in [0, 0.05) is 17.8 Å². The van der Waals surface area contributed by atoms with Crippen LogP contribution < -0.4 is 5.32 Å². The van der Waals surface area contributed by atoms with E-state index in [2.05, 4.69) is 25.7 Å². The van der Waals surface area contributed by atoms with Crippen LogP contribution in [0.5, 0.6) is 0 Å². The van der Waals surface area contributed by atoms with Gasteiger partial charge in [-0.05, 0) is 31.2 Å². The molecule has 1 aromatic carbocycles. The van der Waals surface area contributed by atoms with E-state index in [4.69, 9.17) is 4.42 Å². The first-order chi connectivity index (χ1) is 12.3. The number of nitrogens with one attached hydrogen (secondary N) is 2. The smallest absolute Gasteiger partial charge is 0.152 e. The molecule has 0 spiro atoms. The number of aryl methyl sites for hydroxylation is 1. The van der Waals surface area contributed by atoms with Crippen LogP contribution in [0.15, 0.2) is 59.4 Å². The largest absolute Gasteiger partial charge is 0.460 e. The molecule has 0 aliphatic rings. The summed E-state index contributed by atoms with van der Waals surface area (Å²) in [5, 5.41) is 18.7. The Bertz CT molecular complexity index is 959. The molecule has 0 amide bonds. The van der Waals surface area contributed by atoms with E-state index in [9.17, 15) is 0 Å². The van der Waals surface area contributed by atoms with Crippen LogP contribution in [0.2, 0.25) is 0 Å². The molecule has 4 rings (SSSR count). The van der Waals surface area contributed by atoms with E-state index >= 15 is 0 Å². The quantitative estimate of drug-likeness (QED) is 0.544. The van der Waals surface area contributed by atoms with Gasteiger partial charge < -0.3 is 9.73 Å². The lowest BCUT2D eigenvalue weighted by Gasteiger charge is -2.07. The second-order valence-electron chi connectivity index (χ2n) is 5.74. The summed E-state index contributed by atoms with van der Waals surface area (Å²) in [5.74, 6) is 2.52. The molecule has 0 aliphatic heterocycles. The van der Waals surface area contributed by atoms with Gasteiger partial charge in [0.1, 0.15) is 17.8 Å². The molecule has 3 heterocycles. The van der Waals surface area contributed by atoms with Gasteiger partial charge in [0.15, 0.2) is 11.6 Å². The van der Waals surface area contributed by atoms with Crippen molar-refractivity contribution in [1.29, 1.82) is 0 Å². The second-order valence-corrected chi connectivity index (χ2v) is 5.74. The second kappa shape index (κ2) is 7.99. The molecule has 0 bridgehead atoms. The van der Waals surface area contributed by atoms with Crippen molar-refractivity contribution < 1.29 is 4.42 Å². The van der Waals surface area contributed by atoms with Gasteiger partial charge in [-0.2, -0.15) is 5.10 Å². The first kappa shape index (κ1) is 17.9. The predicted octanol–water partition coefficient (Wildman–Crippen LogP) is 3.27. The monoisotopic (exact) mass is 370 g/mol. The standard InChI is InChI=1S/C18H18N6O.ClH/c1-13-7-8-16(25-13)18-14(10-20-23-18)9-19-11-17-22-21-12-24(17)15-5-3-2-4-6-15;/h2-8,10,12,19H,9,11H2,1H3,(H,20,23);1H. The van der Waals surface area contributed by atoms with Crippen molar-refractivity contribution in [2.45, 2.75) is 20.0 Å². The summed E-state index contributed by atoms with van der Waals surface area (Å²) in [6, 6.07) is 13.9. The van der Waals surface area contributed by atoms with E-state index in [1.165, 1.54) is 0 Å². The van der Waals surface area contributed by atoms with Gasteiger partial charge in [-0.1, -0.05) is 18.2 Å². The van der Waals surface area contributed by atoms with Crippen LogP contribution in [-0.4, -0.2) is 25.0 Å². The highest BCUT2D eigenvalue weighted by Crippen LogP contribution is 2.23. The van der Waals surface area contributed by atoms with E-state index < -0.39 is 0 Å². The number of hydrogen-bond donors (Lipinski definition) is 2. The molecule has 3 aromatic heterocycles.